The van der Waals surface area contributed by atoms with Gasteiger partial charge in [-0.2, -0.15) is 0 Å². The number of hydrogen-bond donors (Lipinski definition) is 0. The molecule has 0 spiro atoms. The van der Waals surface area contributed by atoms with Crippen LogP contribution < -0.4 is 0 Å². The van der Waals surface area contributed by atoms with Gasteiger partial charge in [-0.25, -0.2) is 8.42 Å². The van der Waals surface area contributed by atoms with Gasteiger partial charge in [-0.15, -0.1) is 0 Å². The molecule has 1 unspecified atom stereocenters. The van der Waals surface area contributed by atoms with Crippen LogP contribution in [0.4, 0.5) is 0 Å². The topological polar surface area (TPSA) is 54.5 Å². The predicted molar refractivity (Wildman–Crippen MR) is 96.0 cm³/mol. The average molecular weight is 402 g/mol. The summed E-state index contributed by atoms with van der Waals surface area (Å²) in [6, 6.07) is 7.91. The molecule has 0 aromatic heterocycles. The first-order valence-corrected chi connectivity index (χ1v) is 10.8. The molecule has 23 heavy (non-hydrogen) atoms. The Morgan fingerprint density at radius 3 is 2.61 bits per heavy atom. The highest BCUT2D eigenvalue weighted by Gasteiger charge is 2.32. The second-order valence-electron chi connectivity index (χ2n) is 6.10. The molecule has 1 aliphatic rings. The second-order valence-corrected chi connectivity index (χ2v) is 9.20. The first-order valence-electron chi connectivity index (χ1n) is 8.18. The van der Waals surface area contributed by atoms with Crippen molar-refractivity contribution in [2.45, 2.75) is 45.1 Å². The lowest BCUT2D eigenvalue weighted by molar-refractivity contribution is -0.129. The van der Waals surface area contributed by atoms with Crippen molar-refractivity contribution in [1.29, 1.82) is 0 Å². The largest absolute Gasteiger partial charge is 0.335 e. The molecule has 0 N–H and O–H groups in total. The number of sulfone groups is 1. The molecule has 4 nitrogen and oxygen atoms in total. The van der Waals surface area contributed by atoms with Gasteiger partial charge in [-0.3, -0.25) is 4.79 Å². The zero-order valence-electron chi connectivity index (χ0n) is 13.5. The Labute approximate surface area is 147 Å². The van der Waals surface area contributed by atoms with Crippen molar-refractivity contribution < 1.29 is 13.2 Å². The third-order valence-electron chi connectivity index (χ3n) is 4.23. The zero-order chi connectivity index (χ0) is 16.9. The summed E-state index contributed by atoms with van der Waals surface area (Å²) in [7, 11) is -3.30. The zero-order valence-corrected chi connectivity index (χ0v) is 15.9. The third-order valence-corrected chi connectivity index (χ3v) is 6.36. The van der Waals surface area contributed by atoms with Crippen molar-refractivity contribution in [2.75, 3.05) is 18.1 Å². The van der Waals surface area contributed by atoms with Crippen LogP contribution in [0.5, 0.6) is 0 Å². The van der Waals surface area contributed by atoms with E-state index < -0.39 is 9.84 Å². The molecule has 0 saturated carbocycles. The Balaban J connectivity index is 2.01. The monoisotopic (exact) mass is 401 g/mol. The smallest absolute Gasteiger partial charge is 0.238 e. The minimum absolute atomic E-state index is 0.00134. The molecule has 1 heterocycles. The average Bonchev–Trinajstić information content (AvgIpc) is 2.97. The van der Waals surface area contributed by atoms with Gasteiger partial charge in [0.1, 0.15) is 5.75 Å². The van der Waals surface area contributed by atoms with E-state index in [4.69, 9.17) is 0 Å². The maximum atomic E-state index is 12.5. The standard InChI is InChI=1S/C17H24BrNO3S/c1-2-3-4-12-23(21,22)13-17(20)19-11-5-6-16(19)14-7-9-15(18)10-8-14/h7-10,16H,2-6,11-13H2,1H3. The van der Waals surface area contributed by atoms with Gasteiger partial charge < -0.3 is 4.90 Å². The number of amides is 1. The maximum absolute atomic E-state index is 12.5. The molecule has 1 aromatic rings. The van der Waals surface area contributed by atoms with Gasteiger partial charge in [0.2, 0.25) is 5.91 Å². The number of rotatable bonds is 7. The highest BCUT2D eigenvalue weighted by atomic mass is 79.9. The van der Waals surface area contributed by atoms with E-state index in [2.05, 4.69) is 15.9 Å². The van der Waals surface area contributed by atoms with E-state index in [1.807, 2.05) is 31.2 Å². The molecule has 2 rings (SSSR count). The second kappa shape index (κ2) is 8.29. The van der Waals surface area contributed by atoms with Crippen LogP contribution in [-0.2, 0) is 14.6 Å². The van der Waals surface area contributed by atoms with Crippen LogP contribution in [0.15, 0.2) is 28.7 Å². The lowest BCUT2D eigenvalue weighted by Gasteiger charge is -2.25. The molecule has 128 valence electrons. The van der Waals surface area contributed by atoms with Gasteiger partial charge in [0, 0.05) is 11.0 Å². The lowest BCUT2D eigenvalue weighted by atomic mass is 10.0. The van der Waals surface area contributed by atoms with Crippen molar-refractivity contribution in [1.82, 2.24) is 4.90 Å². The number of hydrogen-bond acceptors (Lipinski definition) is 3. The van der Waals surface area contributed by atoms with E-state index in [-0.39, 0.29) is 23.5 Å². The summed E-state index contributed by atoms with van der Waals surface area (Å²) >= 11 is 3.41. The van der Waals surface area contributed by atoms with E-state index in [0.29, 0.717) is 13.0 Å². The van der Waals surface area contributed by atoms with Crippen LogP contribution in [0.25, 0.3) is 0 Å². The number of benzene rings is 1. The Bertz CT molecular complexity index is 628. The summed E-state index contributed by atoms with van der Waals surface area (Å²) in [5, 5.41) is 0. The van der Waals surface area contributed by atoms with E-state index in [9.17, 15) is 13.2 Å². The SMILES string of the molecule is CCCCCS(=O)(=O)CC(=O)N1CCCC1c1ccc(Br)cc1. The summed E-state index contributed by atoms with van der Waals surface area (Å²) in [6.45, 7) is 2.68. The van der Waals surface area contributed by atoms with Gasteiger partial charge in [-0.1, -0.05) is 47.8 Å². The summed E-state index contributed by atoms with van der Waals surface area (Å²) in [4.78, 5) is 14.2. The van der Waals surface area contributed by atoms with Crippen LogP contribution >= 0.6 is 15.9 Å². The Hall–Kier alpha value is -0.880. The minimum atomic E-state index is -3.30. The summed E-state index contributed by atoms with van der Waals surface area (Å²) in [5.41, 5.74) is 1.07. The van der Waals surface area contributed by atoms with Crippen molar-refractivity contribution in [3.05, 3.63) is 34.3 Å². The van der Waals surface area contributed by atoms with Crippen molar-refractivity contribution in [3.63, 3.8) is 0 Å². The molecule has 0 radical (unpaired) electrons. The van der Waals surface area contributed by atoms with Crippen LogP contribution in [0.3, 0.4) is 0 Å². The third kappa shape index (κ3) is 5.31. The lowest BCUT2D eigenvalue weighted by Crippen LogP contribution is -2.36. The summed E-state index contributed by atoms with van der Waals surface area (Å²) in [6.07, 6.45) is 4.31. The number of halogens is 1. The van der Waals surface area contributed by atoms with E-state index >= 15 is 0 Å². The molecule has 1 aromatic carbocycles. The summed E-state index contributed by atoms with van der Waals surface area (Å²) in [5.74, 6) is -0.500. The van der Waals surface area contributed by atoms with Gasteiger partial charge in [0.25, 0.3) is 0 Å². The molecular formula is C17H24BrNO3S. The first kappa shape index (κ1) is 18.5. The molecule has 1 atom stereocenters. The Kier molecular flexibility index (Phi) is 6.65. The Morgan fingerprint density at radius 1 is 1.26 bits per heavy atom. The van der Waals surface area contributed by atoms with E-state index in [1.54, 1.807) is 4.90 Å². The van der Waals surface area contributed by atoms with Crippen molar-refractivity contribution in [2.24, 2.45) is 0 Å². The number of carbonyl (C=O) groups is 1. The molecule has 0 aliphatic carbocycles. The fraction of sp³-hybridized carbons (Fsp3) is 0.588. The number of carbonyl (C=O) groups excluding carboxylic acids is 1. The fourth-order valence-electron chi connectivity index (χ4n) is 3.01. The van der Waals surface area contributed by atoms with Gasteiger partial charge >= 0.3 is 0 Å². The quantitative estimate of drug-likeness (QED) is 0.654. The summed E-state index contributed by atoms with van der Waals surface area (Å²) < 4.78 is 25.2. The van der Waals surface area contributed by atoms with Crippen LogP contribution in [-0.4, -0.2) is 37.3 Å². The van der Waals surface area contributed by atoms with Gasteiger partial charge in [-0.05, 0) is 37.0 Å². The number of unbranched alkanes of at least 4 members (excludes halogenated alkanes) is 2. The van der Waals surface area contributed by atoms with Gasteiger partial charge in [0.05, 0.1) is 11.8 Å². The van der Waals surface area contributed by atoms with Gasteiger partial charge in [0.15, 0.2) is 9.84 Å². The van der Waals surface area contributed by atoms with Crippen molar-refractivity contribution >= 4 is 31.7 Å². The highest BCUT2D eigenvalue weighted by Crippen LogP contribution is 2.32. The molecule has 1 amide bonds. The van der Waals surface area contributed by atoms with E-state index in [0.717, 1.165) is 35.7 Å². The molecule has 6 heteroatoms. The number of nitrogens with zero attached hydrogens (tertiary/aromatic N) is 1. The predicted octanol–water partition coefficient (Wildman–Crippen LogP) is 3.72. The van der Waals surface area contributed by atoms with Crippen molar-refractivity contribution in [3.8, 4) is 0 Å². The van der Waals surface area contributed by atoms with Crippen LogP contribution in [0.2, 0.25) is 0 Å². The molecule has 1 saturated heterocycles. The van der Waals surface area contributed by atoms with E-state index in [1.165, 1.54) is 0 Å². The maximum Gasteiger partial charge on any atom is 0.238 e. The Morgan fingerprint density at radius 2 is 1.96 bits per heavy atom. The van der Waals surface area contributed by atoms with Crippen LogP contribution in [0, 0.1) is 0 Å². The molecular weight excluding hydrogens is 378 g/mol. The van der Waals surface area contributed by atoms with Crippen LogP contribution in [0.1, 0.15) is 50.6 Å². The fourth-order valence-corrected chi connectivity index (χ4v) is 4.61. The minimum Gasteiger partial charge on any atom is -0.335 e. The molecule has 1 aliphatic heterocycles. The molecule has 0 bridgehead atoms. The first-order chi connectivity index (χ1) is 10.9. The normalized spacial score (nSPS) is 18.3. The number of likely N-dealkylation sites (tertiary alicyclic amines) is 1. The molecule has 1 fully saturated rings. The highest BCUT2D eigenvalue weighted by molar-refractivity contribution is 9.10.